The molecule has 2 aromatic heterocycles. The van der Waals surface area contributed by atoms with E-state index in [4.69, 9.17) is 10.7 Å². The van der Waals surface area contributed by atoms with Crippen LogP contribution in [0.3, 0.4) is 0 Å². The van der Waals surface area contributed by atoms with Gasteiger partial charge in [-0.3, -0.25) is 4.79 Å². The highest BCUT2D eigenvalue weighted by molar-refractivity contribution is 5.95. The molecule has 0 radical (unpaired) electrons. The van der Waals surface area contributed by atoms with Gasteiger partial charge in [0.1, 0.15) is 0 Å². The summed E-state index contributed by atoms with van der Waals surface area (Å²) in [7, 11) is 0. The predicted octanol–water partition coefficient (Wildman–Crippen LogP) is 3.63. The third-order valence-electron chi connectivity index (χ3n) is 7.82. The van der Waals surface area contributed by atoms with Crippen molar-refractivity contribution < 1.29 is 9.59 Å². The smallest absolute Gasteiger partial charge is 0.314 e. The molecule has 4 heterocycles. The van der Waals surface area contributed by atoms with E-state index in [-0.39, 0.29) is 18.0 Å². The molecule has 2 aliphatic rings. The molecular formula is C28H38N8O2. The van der Waals surface area contributed by atoms with E-state index in [1.807, 2.05) is 49.0 Å². The zero-order valence-corrected chi connectivity index (χ0v) is 22.4. The van der Waals surface area contributed by atoms with Crippen molar-refractivity contribution in [2.75, 3.05) is 36.4 Å². The number of urea groups is 1. The van der Waals surface area contributed by atoms with E-state index in [2.05, 4.69) is 20.6 Å². The minimum absolute atomic E-state index is 0.111. The molecule has 0 unspecified atom stereocenters. The number of carbonyl (C=O) groups excluding carboxylic acids is 2. The van der Waals surface area contributed by atoms with Crippen molar-refractivity contribution >= 4 is 34.3 Å². The molecule has 5 rings (SSSR count). The first-order chi connectivity index (χ1) is 18.4. The van der Waals surface area contributed by atoms with Crippen LogP contribution in [0.2, 0.25) is 0 Å². The number of pyridine rings is 1. The molecule has 0 bridgehead atoms. The summed E-state index contributed by atoms with van der Waals surface area (Å²) in [5.41, 5.74) is 10.9. The van der Waals surface area contributed by atoms with E-state index >= 15 is 0 Å². The molecule has 2 aliphatic heterocycles. The minimum Gasteiger partial charge on any atom is -0.381 e. The Balaban J connectivity index is 1.34. The highest BCUT2D eigenvalue weighted by Crippen LogP contribution is 2.31. The zero-order valence-electron chi connectivity index (χ0n) is 22.4. The monoisotopic (exact) mass is 518 g/mol. The second kappa shape index (κ2) is 11.3. The number of anilines is 2. The number of nitrogens with zero attached hydrogens (tertiary/aromatic N) is 5. The highest BCUT2D eigenvalue weighted by Gasteiger charge is 2.24. The van der Waals surface area contributed by atoms with Crippen molar-refractivity contribution in [3.05, 3.63) is 47.3 Å². The lowest BCUT2D eigenvalue weighted by molar-refractivity contribution is 0.0951. The molecule has 2 fully saturated rings. The standard InChI is InChI=1S/C28H38N8O2/c1-3-36-26-24(18-31-36)25(33-21-11-15-35(16-12-21)28(29)38)23(19(2)32-26)17-30-27(37)20-7-9-22(10-8-20)34-13-5-4-6-14-34/h7-10,18,21H,3-6,11-17H2,1-2H3,(H2,29,38)(H,30,37)(H,32,33). The number of carbonyl (C=O) groups is 2. The van der Waals surface area contributed by atoms with Crippen molar-refractivity contribution in [1.29, 1.82) is 0 Å². The SMILES string of the molecule is CCn1ncc2c(NC3CCN(C(N)=O)CC3)c(CNC(=O)c3ccc(N4CCCCC4)cc3)c(C)nc21. The number of primary amides is 1. The number of nitrogens with two attached hydrogens (primary N) is 1. The fourth-order valence-corrected chi connectivity index (χ4v) is 5.55. The van der Waals surface area contributed by atoms with Crippen molar-refractivity contribution in [3.63, 3.8) is 0 Å². The lowest BCUT2D eigenvalue weighted by atomic mass is 10.0. The van der Waals surface area contributed by atoms with Gasteiger partial charge in [-0.2, -0.15) is 5.10 Å². The second-order valence-electron chi connectivity index (χ2n) is 10.3. The first-order valence-electron chi connectivity index (χ1n) is 13.7. The van der Waals surface area contributed by atoms with E-state index < -0.39 is 0 Å². The van der Waals surface area contributed by atoms with Gasteiger partial charge in [-0.25, -0.2) is 14.5 Å². The molecule has 0 saturated carbocycles. The van der Waals surface area contributed by atoms with Gasteiger partial charge < -0.3 is 26.2 Å². The summed E-state index contributed by atoms with van der Waals surface area (Å²) in [6.07, 6.45) is 7.16. The van der Waals surface area contributed by atoms with Gasteiger partial charge in [0, 0.05) is 67.8 Å². The number of aryl methyl sites for hydroxylation is 2. The Morgan fingerprint density at radius 3 is 2.42 bits per heavy atom. The Kier molecular flexibility index (Phi) is 7.67. The average molecular weight is 519 g/mol. The number of aromatic nitrogens is 3. The van der Waals surface area contributed by atoms with Crippen LogP contribution in [0.1, 0.15) is 60.6 Å². The van der Waals surface area contributed by atoms with Gasteiger partial charge >= 0.3 is 6.03 Å². The van der Waals surface area contributed by atoms with Crippen LogP contribution in [0.25, 0.3) is 11.0 Å². The summed E-state index contributed by atoms with van der Waals surface area (Å²) in [5, 5.41) is 12.3. The van der Waals surface area contributed by atoms with E-state index in [1.54, 1.807) is 4.90 Å². The first-order valence-corrected chi connectivity index (χ1v) is 13.7. The predicted molar refractivity (Wildman–Crippen MR) is 149 cm³/mol. The lowest BCUT2D eigenvalue weighted by Crippen LogP contribution is -2.44. The van der Waals surface area contributed by atoms with Crippen LogP contribution in [-0.4, -0.2) is 63.8 Å². The lowest BCUT2D eigenvalue weighted by Gasteiger charge is -2.32. The molecule has 0 aliphatic carbocycles. The zero-order chi connectivity index (χ0) is 26.6. The second-order valence-corrected chi connectivity index (χ2v) is 10.3. The number of likely N-dealkylation sites (tertiary alicyclic amines) is 1. The summed E-state index contributed by atoms with van der Waals surface area (Å²) in [6, 6.07) is 7.71. The highest BCUT2D eigenvalue weighted by atomic mass is 16.2. The number of piperidine rings is 2. The molecule has 10 nitrogen and oxygen atoms in total. The fraction of sp³-hybridized carbons (Fsp3) is 0.500. The van der Waals surface area contributed by atoms with E-state index in [0.29, 0.717) is 25.2 Å². The summed E-state index contributed by atoms with van der Waals surface area (Å²) in [5.74, 6) is -0.111. The van der Waals surface area contributed by atoms with Gasteiger partial charge in [-0.05, 0) is 70.2 Å². The molecular weight excluding hydrogens is 480 g/mol. The normalized spacial score (nSPS) is 16.6. The molecule has 3 aromatic rings. The number of fused-ring (bicyclic) bond motifs is 1. The Morgan fingerprint density at radius 2 is 1.76 bits per heavy atom. The molecule has 10 heteroatoms. The van der Waals surface area contributed by atoms with Gasteiger partial charge in [-0.15, -0.1) is 0 Å². The quantitative estimate of drug-likeness (QED) is 0.439. The van der Waals surface area contributed by atoms with Crippen LogP contribution in [-0.2, 0) is 13.1 Å². The number of hydrogen-bond donors (Lipinski definition) is 3. The Morgan fingerprint density at radius 1 is 1.05 bits per heavy atom. The van der Waals surface area contributed by atoms with Gasteiger partial charge in [-0.1, -0.05) is 0 Å². The molecule has 0 spiro atoms. The molecule has 38 heavy (non-hydrogen) atoms. The van der Waals surface area contributed by atoms with Gasteiger partial charge in [0.2, 0.25) is 0 Å². The molecule has 202 valence electrons. The molecule has 0 atom stereocenters. The molecule has 1 aromatic carbocycles. The summed E-state index contributed by atoms with van der Waals surface area (Å²) in [6.45, 7) is 8.47. The average Bonchev–Trinajstić information content (AvgIpc) is 3.36. The maximum Gasteiger partial charge on any atom is 0.314 e. The van der Waals surface area contributed by atoms with E-state index in [9.17, 15) is 9.59 Å². The van der Waals surface area contributed by atoms with Gasteiger partial charge in [0.15, 0.2) is 5.65 Å². The van der Waals surface area contributed by atoms with Gasteiger partial charge in [0.25, 0.3) is 5.91 Å². The maximum absolute atomic E-state index is 13.1. The number of benzene rings is 1. The Bertz CT molecular complexity index is 1290. The molecule has 4 N–H and O–H groups in total. The Hall–Kier alpha value is -3.82. The summed E-state index contributed by atoms with van der Waals surface area (Å²) in [4.78, 5) is 33.6. The van der Waals surface area contributed by atoms with Crippen LogP contribution < -0.4 is 21.3 Å². The topological polar surface area (TPSA) is 121 Å². The van der Waals surface area contributed by atoms with Crippen LogP contribution >= 0.6 is 0 Å². The minimum atomic E-state index is -0.373. The van der Waals surface area contributed by atoms with Crippen LogP contribution in [0.15, 0.2) is 30.5 Å². The summed E-state index contributed by atoms with van der Waals surface area (Å²) < 4.78 is 1.88. The number of nitrogens with one attached hydrogen (secondary N) is 2. The van der Waals surface area contributed by atoms with E-state index in [1.165, 1.54) is 24.9 Å². The Labute approximate surface area is 223 Å². The number of hydrogen-bond acceptors (Lipinski definition) is 6. The van der Waals surface area contributed by atoms with Crippen molar-refractivity contribution in [2.24, 2.45) is 5.73 Å². The van der Waals surface area contributed by atoms with Crippen molar-refractivity contribution in [3.8, 4) is 0 Å². The largest absolute Gasteiger partial charge is 0.381 e. The van der Waals surface area contributed by atoms with Crippen molar-refractivity contribution in [1.82, 2.24) is 25.0 Å². The summed E-state index contributed by atoms with van der Waals surface area (Å²) >= 11 is 0. The van der Waals surface area contributed by atoms with Crippen LogP contribution in [0.5, 0.6) is 0 Å². The van der Waals surface area contributed by atoms with E-state index in [0.717, 1.165) is 60.5 Å². The molecule has 2 saturated heterocycles. The fourth-order valence-electron chi connectivity index (χ4n) is 5.55. The third kappa shape index (κ3) is 5.39. The first kappa shape index (κ1) is 25.8. The van der Waals surface area contributed by atoms with Crippen LogP contribution in [0.4, 0.5) is 16.2 Å². The number of rotatable bonds is 7. The van der Waals surface area contributed by atoms with Crippen LogP contribution in [0, 0.1) is 6.92 Å². The van der Waals surface area contributed by atoms with Crippen molar-refractivity contribution in [2.45, 2.75) is 65.1 Å². The van der Waals surface area contributed by atoms with Gasteiger partial charge in [0.05, 0.1) is 17.3 Å². The maximum atomic E-state index is 13.1. The molecule has 3 amide bonds. The number of amides is 3. The third-order valence-corrected chi connectivity index (χ3v) is 7.82.